The molecule has 0 spiro atoms. The van der Waals surface area contributed by atoms with Crippen LogP contribution in [0.5, 0.6) is 0 Å². The molecule has 0 atom stereocenters. The average Bonchev–Trinajstić information content (AvgIpc) is 2.69. The first-order valence-electron chi connectivity index (χ1n) is 5.72. The summed E-state index contributed by atoms with van der Waals surface area (Å²) in [5, 5.41) is 11.0. The predicted molar refractivity (Wildman–Crippen MR) is 69.7 cm³/mol. The van der Waals surface area contributed by atoms with Gasteiger partial charge in [-0.05, 0) is 32.9 Å². The first kappa shape index (κ1) is 12.9. The van der Waals surface area contributed by atoms with Gasteiger partial charge in [-0.25, -0.2) is 4.98 Å². The lowest BCUT2D eigenvalue weighted by molar-refractivity contribution is -0.385. The van der Waals surface area contributed by atoms with Crippen LogP contribution in [0.25, 0.3) is 5.69 Å². The third-order valence-electron chi connectivity index (χ3n) is 3.09. The highest BCUT2D eigenvalue weighted by Gasteiger charge is 2.19. The quantitative estimate of drug-likeness (QED) is 0.482. The SMILES string of the molecule is CC(=O)c1ccc(-n2cnc(C)c2C)cc1[N+](=O)[O-]. The van der Waals surface area contributed by atoms with Crippen molar-refractivity contribution in [1.82, 2.24) is 9.55 Å². The molecule has 0 unspecified atom stereocenters. The van der Waals surface area contributed by atoms with E-state index in [0.29, 0.717) is 5.69 Å². The zero-order valence-corrected chi connectivity index (χ0v) is 10.9. The number of Topliss-reactive ketones (excluding diaryl/α,β-unsaturated/α-hetero) is 1. The first-order valence-corrected chi connectivity index (χ1v) is 5.72. The molecule has 0 bridgehead atoms. The number of nitrogens with zero attached hydrogens (tertiary/aromatic N) is 3. The van der Waals surface area contributed by atoms with Crippen molar-refractivity contribution in [2.75, 3.05) is 0 Å². The van der Waals surface area contributed by atoms with Crippen LogP contribution in [0.3, 0.4) is 0 Å². The van der Waals surface area contributed by atoms with Gasteiger partial charge < -0.3 is 4.57 Å². The molecular formula is C13H13N3O3. The van der Waals surface area contributed by atoms with Gasteiger partial charge in [0.2, 0.25) is 0 Å². The van der Waals surface area contributed by atoms with Gasteiger partial charge in [0.25, 0.3) is 5.69 Å². The Kier molecular flexibility index (Phi) is 3.16. The van der Waals surface area contributed by atoms with Crippen molar-refractivity contribution in [1.29, 1.82) is 0 Å². The Balaban J connectivity index is 2.62. The van der Waals surface area contributed by atoms with Crippen LogP contribution in [0, 0.1) is 24.0 Å². The third kappa shape index (κ3) is 2.24. The molecule has 0 amide bonds. The molecule has 0 radical (unpaired) electrons. The van der Waals surface area contributed by atoms with Crippen LogP contribution in [0.15, 0.2) is 24.5 Å². The Morgan fingerprint density at radius 2 is 2.05 bits per heavy atom. The number of imidazole rings is 1. The average molecular weight is 259 g/mol. The Labute approximate surface area is 109 Å². The van der Waals surface area contributed by atoms with E-state index in [1.807, 2.05) is 13.8 Å². The number of aryl methyl sites for hydroxylation is 1. The summed E-state index contributed by atoms with van der Waals surface area (Å²) in [5.41, 5.74) is 2.32. The van der Waals surface area contributed by atoms with Gasteiger partial charge in [0.15, 0.2) is 5.78 Å². The monoisotopic (exact) mass is 259 g/mol. The summed E-state index contributed by atoms with van der Waals surface area (Å²) in [6.07, 6.45) is 1.61. The molecule has 0 aliphatic rings. The number of carbonyl (C=O) groups is 1. The molecular weight excluding hydrogens is 246 g/mol. The minimum Gasteiger partial charge on any atom is -0.303 e. The van der Waals surface area contributed by atoms with Crippen LogP contribution < -0.4 is 0 Å². The Morgan fingerprint density at radius 3 is 2.53 bits per heavy atom. The van der Waals surface area contributed by atoms with Gasteiger partial charge >= 0.3 is 0 Å². The summed E-state index contributed by atoms with van der Waals surface area (Å²) in [4.78, 5) is 26.0. The van der Waals surface area contributed by atoms with Crippen LogP contribution in [0.2, 0.25) is 0 Å². The molecule has 0 saturated heterocycles. The maximum atomic E-state index is 11.4. The van der Waals surface area contributed by atoms with Crippen molar-refractivity contribution < 1.29 is 9.72 Å². The van der Waals surface area contributed by atoms with E-state index in [1.54, 1.807) is 17.0 Å². The fraction of sp³-hybridized carbons (Fsp3) is 0.231. The molecule has 19 heavy (non-hydrogen) atoms. The van der Waals surface area contributed by atoms with Gasteiger partial charge in [-0.2, -0.15) is 0 Å². The van der Waals surface area contributed by atoms with E-state index in [2.05, 4.69) is 4.98 Å². The van der Waals surface area contributed by atoms with Gasteiger partial charge in [-0.1, -0.05) is 0 Å². The van der Waals surface area contributed by atoms with E-state index in [-0.39, 0.29) is 17.0 Å². The topological polar surface area (TPSA) is 78.0 Å². The van der Waals surface area contributed by atoms with Crippen molar-refractivity contribution in [2.24, 2.45) is 0 Å². The first-order chi connectivity index (χ1) is 8.91. The molecule has 6 heteroatoms. The van der Waals surface area contributed by atoms with Crippen LogP contribution in [0.1, 0.15) is 28.7 Å². The number of benzene rings is 1. The third-order valence-corrected chi connectivity index (χ3v) is 3.09. The van der Waals surface area contributed by atoms with E-state index in [0.717, 1.165) is 11.4 Å². The lowest BCUT2D eigenvalue weighted by Crippen LogP contribution is -2.03. The Bertz CT molecular complexity index is 674. The van der Waals surface area contributed by atoms with Crippen LogP contribution in [0.4, 0.5) is 5.69 Å². The van der Waals surface area contributed by atoms with E-state index in [9.17, 15) is 14.9 Å². The van der Waals surface area contributed by atoms with Gasteiger partial charge in [-0.3, -0.25) is 14.9 Å². The zero-order chi connectivity index (χ0) is 14.2. The molecule has 0 aliphatic heterocycles. The summed E-state index contributed by atoms with van der Waals surface area (Å²) < 4.78 is 1.76. The number of nitro benzene ring substituents is 1. The highest BCUT2D eigenvalue weighted by Crippen LogP contribution is 2.24. The fourth-order valence-electron chi connectivity index (χ4n) is 1.88. The Hall–Kier alpha value is -2.50. The zero-order valence-electron chi connectivity index (χ0n) is 10.9. The highest BCUT2D eigenvalue weighted by atomic mass is 16.6. The number of nitro groups is 1. The fourth-order valence-corrected chi connectivity index (χ4v) is 1.88. The second-order valence-electron chi connectivity index (χ2n) is 4.30. The number of aromatic nitrogens is 2. The van der Waals surface area contributed by atoms with E-state index in [1.165, 1.54) is 19.1 Å². The molecule has 2 aromatic rings. The second kappa shape index (κ2) is 4.64. The Morgan fingerprint density at radius 1 is 1.37 bits per heavy atom. The molecule has 0 aliphatic carbocycles. The molecule has 0 saturated carbocycles. The van der Waals surface area contributed by atoms with Crippen LogP contribution in [-0.2, 0) is 0 Å². The number of hydrogen-bond donors (Lipinski definition) is 0. The molecule has 1 aromatic carbocycles. The highest BCUT2D eigenvalue weighted by molar-refractivity contribution is 5.98. The maximum absolute atomic E-state index is 11.4. The summed E-state index contributed by atoms with van der Waals surface area (Å²) in [7, 11) is 0. The molecule has 6 nitrogen and oxygen atoms in total. The second-order valence-corrected chi connectivity index (χ2v) is 4.30. The number of rotatable bonds is 3. The van der Waals surface area contributed by atoms with Crippen molar-refractivity contribution >= 4 is 11.5 Å². The summed E-state index contributed by atoms with van der Waals surface area (Å²) in [6, 6.07) is 4.55. The molecule has 98 valence electrons. The number of hydrogen-bond acceptors (Lipinski definition) is 4. The lowest BCUT2D eigenvalue weighted by Gasteiger charge is -2.07. The van der Waals surface area contributed by atoms with Gasteiger partial charge in [0.1, 0.15) is 0 Å². The largest absolute Gasteiger partial charge is 0.303 e. The minimum absolute atomic E-state index is 0.114. The molecule has 1 heterocycles. The maximum Gasteiger partial charge on any atom is 0.282 e. The van der Waals surface area contributed by atoms with Gasteiger partial charge in [-0.15, -0.1) is 0 Å². The summed E-state index contributed by atoms with van der Waals surface area (Å²) >= 11 is 0. The van der Waals surface area contributed by atoms with Gasteiger partial charge in [0, 0.05) is 11.8 Å². The van der Waals surface area contributed by atoms with Crippen molar-refractivity contribution in [3.8, 4) is 5.69 Å². The van der Waals surface area contributed by atoms with Gasteiger partial charge in [0.05, 0.1) is 28.2 Å². The molecule has 0 N–H and O–H groups in total. The van der Waals surface area contributed by atoms with E-state index >= 15 is 0 Å². The summed E-state index contributed by atoms with van der Waals surface area (Å²) in [6.45, 7) is 5.06. The number of ketones is 1. The normalized spacial score (nSPS) is 10.5. The van der Waals surface area contributed by atoms with Crippen LogP contribution >= 0.6 is 0 Å². The predicted octanol–water partition coefficient (Wildman–Crippen LogP) is 2.60. The smallest absolute Gasteiger partial charge is 0.282 e. The van der Waals surface area contributed by atoms with Crippen molar-refractivity contribution in [3.63, 3.8) is 0 Å². The van der Waals surface area contributed by atoms with E-state index < -0.39 is 4.92 Å². The van der Waals surface area contributed by atoms with Crippen molar-refractivity contribution in [2.45, 2.75) is 20.8 Å². The summed E-state index contributed by atoms with van der Waals surface area (Å²) in [5.74, 6) is -0.322. The standard InChI is InChI=1S/C13H13N3O3/c1-8-9(2)15(7-14-8)11-4-5-12(10(3)17)13(6-11)16(18)19/h4-7H,1-3H3. The van der Waals surface area contributed by atoms with E-state index in [4.69, 9.17) is 0 Å². The number of carbonyl (C=O) groups excluding carboxylic acids is 1. The van der Waals surface area contributed by atoms with Crippen LogP contribution in [-0.4, -0.2) is 20.3 Å². The molecule has 1 aromatic heterocycles. The lowest BCUT2D eigenvalue weighted by atomic mass is 10.1. The molecule has 2 rings (SSSR count). The minimum atomic E-state index is -0.542. The van der Waals surface area contributed by atoms with Crippen molar-refractivity contribution in [3.05, 3.63) is 51.6 Å². The molecule has 0 fully saturated rings.